The number of benzene rings is 1. The first-order valence-electron chi connectivity index (χ1n) is 5.32. The van der Waals surface area contributed by atoms with Gasteiger partial charge in [-0.3, -0.25) is 0 Å². The van der Waals surface area contributed by atoms with Crippen LogP contribution in [0.3, 0.4) is 0 Å². The molecule has 0 saturated carbocycles. The Kier molecular flexibility index (Phi) is 5.58. The fraction of sp³-hybridized carbons (Fsp3) is 0.500. The zero-order valence-corrected chi connectivity index (χ0v) is 10.4. The molecule has 0 fully saturated rings. The summed E-state index contributed by atoms with van der Waals surface area (Å²) in [5.74, 6) is 1.90. The molecule has 2 nitrogen and oxygen atoms in total. The number of ether oxygens (including phenoxy) is 1. The summed E-state index contributed by atoms with van der Waals surface area (Å²) in [6.07, 6.45) is 0.241. The number of nitrogens with one attached hydrogen (secondary N) is 1. The zero-order chi connectivity index (χ0) is 11.1. The Balaban J connectivity index is 2.42. The lowest BCUT2D eigenvalue weighted by atomic mass is 10.3. The predicted molar refractivity (Wildman–Crippen MR) is 66.6 cm³/mol. The van der Waals surface area contributed by atoms with E-state index in [2.05, 4.69) is 24.4 Å². The van der Waals surface area contributed by atoms with Crippen LogP contribution < -0.4 is 10.1 Å². The number of rotatable bonds is 6. The zero-order valence-electron chi connectivity index (χ0n) is 9.62. The van der Waals surface area contributed by atoms with Gasteiger partial charge in [0.1, 0.15) is 5.75 Å². The summed E-state index contributed by atoms with van der Waals surface area (Å²) in [5.41, 5.74) is 0. The van der Waals surface area contributed by atoms with Crippen molar-refractivity contribution in [3.8, 4) is 5.75 Å². The van der Waals surface area contributed by atoms with E-state index in [4.69, 9.17) is 4.74 Å². The van der Waals surface area contributed by atoms with Crippen LogP contribution in [0.1, 0.15) is 20.8 Å². The maximum Gasteiger partial charge on any atom is 0.119 e. The number of hydrogen-bond acceptors (Lipinski definition) is 3. The smallest absolute Gasteiger partial charge is 0.119 e. The molecule has 0 aliphatic carbocycles. The molecule has 84 valence electrons. The van der Waals surface area contributed by atoms with Crippen molar-refractivity contribution in [2.24, 2.45) is 0 Å². The lowest BCUT2D eigenvalue weighted by molar-refractivity contribution is 0.242. The molecule has 0 atom stereocenters. The number of thioether (sulfide) groups is 1. The van der Waals surface area contributed by atoms with Crippen molar-refractivity contribution in [1.29, 1.82) is 0 Å². The van der Waals surface area contributed by atoms with Crippen LogP contribution in [0.25, 0.3) is 0 Å². The minimum Gasteiger partial charge on any atom is -0.491 e. The average Bonchev–Trinajstić information content (AvgIpc) is 2.20. The van der Waals surface area contributed by atoms with Crippen molar-refractivity contribution in [2.75, 3.05) is 12.4 Å². The normalized spacial score (nSPS) is 10.7. The van der Waals surface area contributed by atoms with E-state index in [1.54, 1.807) is 11.8 Å². The van der Waals surface area contributed by atoms with Crippen LogP contribution in [0.4, 0.5) is 0 Å². The highest BCUT2D eigenvalue weighted by Crippen LogP contribution is 2.21. The van der Waals surface area contributed by atoms with E-state index in [-0.39, 0.29) is 6.10 Å². The van der Waals surface area contributed by atoms with Crippen LogP contribution in [-0.2, 0) is 0 Å². The number of hydrogen-bond donors (Lipinski definition) is 1. The first-order chi connectivity index (χ1) is 7.22. The Hall–Kier alpha value is -0.670. The summed E-state index contributed by atoms with van der Waals surface area (Å²) in [4.78, 5) is 1.27. The maximum atomic E-state index is 5.57. The third-order valence-corrected chi connectivity index (χ3v) is 2.74. The minimum absolute atomic E-state index is 0.241. The molecule has 3 heteroatoms. The van der Waals surface area contributed by atoms with Gasteiger partial charge in [-0.1, -0.05) is 6.92 Å². The van der Waals surface area contributed by atoms with Crippen molar-refractivity contribution in [2.45, 2.75) is 31.8 Å². The van der Waals surface area contributed by atoms with Gasteiger partial charge in [0.05, 0.1) is 6.10 Å². The van der Waals surface area contributed by atoms with Gasteiger partial charge in [-0.15, -0.1) is 11.8 Å². The molecule has 0 aromatic heterocycles. The molecule has 0 spiro atoms. The third kappa shape index (κ3) is 5.09. The lowest BCUT2D eigenvalue weighted by Crippen LogP contribution is -2.10. The molecular formula is C12H19NOS. The second-order valence-electron chi connectivity index (χ2n) is 3.53. The molecule has 0 unspecified atom stereocenters. The van der Waals surface area contributed by atoms with E-state index in [1.165, 1.54) is 4.90 Å². The van der Waals surface area contributed by atoms with E-state index in [0.29, 0.717) is 0 Å². The average molecular weight is 225 g/mol. The van der Waals surface area contributed by atoms with Crippen molar-refractivity contribution >= 4 is 11.8 Å². The van der Waals surface area contributed by atoms with E-state index < -0.39 is 0 Å². The molecule has 0 radical (unpaired) electrons. The van der Waals surface area contributed by atoms with Crippen molar-refractivity contribution in [3.05, 3.63) is 24.3 Å². The Morgan fingerprint density at radius 2 is 1.93 bits per heavy atom. The summed E-state index contributed by atoms with van der Waals surface area (Å²) < 4.78 is 5.57. The highest BCUT2D eigenvalue weighted by atomic mass is 32.2. The standard InChI is InChI=1S/C12H19NOS/c1-4-13-9-15-12-7-5-11(6-8-12)14-10(2)3/h5-8,10,13H,4,9H2,1-3H3. The molecule has 1 rings (SSSR count). The quantitative estimate of drug-likeness (QED) is 0.456. The van der Waals surface area contributed by atoms with Gasteiger partial charge >= 0.3 is 0 Å². The molecule has 0 aliphatic heterocycles. The van der Waals surface area contributed by atoms with Crippen LogP contribution in [-0.4, -0.2) is 18.5 Å². The van der Waals surface area contributed by atoms with Crippen molar-refractivity contribution in [3.63, 3.8) is 0 Å². The summed E-state index contributed by atoms with van der Waals surface area (Å²) in [5, 5.41) is 3.28. The molecule has 0 aliphatic rings. The Morgan fingerprint density at radius 3 is 2.47 bits per heavy atom. The van der Waals surface area contributed by atoms with Gasteiger partial charge in [-0.2, -0.15) is 0 Å². The Labute approximate surface area is 96.4 Å². The van der Waals surface area contributed by atoms with Crippen LogP contribution in [0, 0.1) is 0 Å². The van der Waals surface area contributed by atoms with E-state index in [9.17, 15) is 0 Å². The first kappa shape index (κ1) is 12.4. The van der Waals surface area contributed by atoms with E-state index >= 15 is 0 Å². The van der Waals surface area contributed by atoms with Gasteiger partial charge in [0.25, 0.3) is 0 Å². The second kappa shape index (κ2) is 6.75. The third-order valence-electron chi connectivity index (χ3n) is 1.79. The van der Waals surface area contributed by atoms with Gasteiger partial charge < -0.3 is 10.1 Å². The molecule has 1 N–H and O–H groups in total. The minimum atomic E-state index is 0.241. The fourth-order valence-corrected chi connectivity index (χ4v) is 1.92. The Morgan fingerprint density at radius 1 is 1.27 bits per heavy atom. The monoisotopic (exact) mass is 225 g/mol. The predicted octanol–water partition coefficient (Wildman–Crippen LogP) is 3.13. The van der Waals surface area contributed by atoms with Crippen molar-refractivity contribution < 1.29 is 4.74 Å². The van der Waals surface area contributed by atoms with Gasteiger partial charge in [0.2, 0.25) is 0 Å². The molecule has 0 bridgehead atoms. The fourth-order valence-electron chi connectivity index (χ4n) is 1.12. The lowest BCUT2D eigenvalue weighted by Gasteiger charge is -2.09. The highest BCUT2D eigenvalue weighted by molar-refractivity contribution is 7.99. The van der Waals surface area contributed by atoms with Crippen LogP contribution >= 0.6 is 11.8 Å². The van der Waals surface area contributed by atoms with Gasteiger partial charge in [-0.05, 0) is 44.7 Å². The highest BCUT2D eigenvalue weighted by Gasteiger charge is 1.98. The van der Waals surface area contributed by atoms with Gasteiger partial charge in [0.15, 0.2) is 0 Å². The largest absolute Gasteiger partial charge is 0.491 e. The molecule has 1 aromatic rings. The van der Waals surface area contributed by atoms with E-state index in [1.807, 2.05) is 26.0 Å². The molecule has 0 saturated heterocycles. The van der Waals surface area contributed by atoms with E-state index in [0.717, 1.165) is 18.2 Å². The molecule has 0 heterocycles. The summed E-state index contributed by atoms with van der Waals surface area (Å²) in [6.45, 7) is 7.20. The van der Waals surface area contributed by atoms with Gasteiger partial charge in [0, 0.05) is 10.8 Å². The molecule has 15 heavy (non-hydrogen) atoms. The van der Waals surface area contributed by atoms with Crippen LogP contribution in [0.2, 0.25) is 0 Å². The molecule has 0 amide bonds. The Bertz CT molecular complexity index is 271. The second-order valence-corrected chi connectivity index (χ2v) is 4.58. The maximum absolute atomic E-state index is 5.57. The topological polar surface area (TPSA) is 21.3 Å². The molecule has 1 aromatic carbocycles. The summed E-state index contributed by atoms with van der Waals surface area (Å²) >= 11 is 1.81. The van der Waals surface area contributed by atoms with Crippen LogP contribution in [0.15, 0.2) is 29.2 Å². The summed E-state index contributed by atoms with van der Waals surface area (Å²) in [7, 11) is 0. The summed E-state index contributed by atoms with van der Waals surface area (Å²) in [6, 6.07) is 8.24. The van der Waals surface area contributed by atoms with Crippen molar-refractivity contribution in [1.82, 2.24) is 5.32 Å². The molecular weight excluding hydrogens is 206 g/mol. The van der Waals surface area contributed by atoms with Crippen LogP contribution in [0.5, 0.6) is 5.75 Å². The first-order valence-corrected chi connectivity index (χ1v) is 6.31. The van der Waals surface area contributed by atoms with Gasteiger partial charge in [-0.25, -0.2) is 0 Å². The SMILES string of the molecule is CCNCSc1ccc(OC(C)C)cc1.